The van der Waals surface area contributed by atoms with Crippen molar-refractivity contribution in [1.82, 2.24) is 9.36 Å². The summed E-state index contributed by atoms with van der Waals surface area (Å²) >= 11 is 0.730. The Morgan fingerprint density at radius 3 is 2.74 bits per heavy atom. The number of nitrogens with zero attached hydrogens (tertiary/aromatic N) is 2. The van der Waals surface area contributed by atoms with Gasteiger partial charge in [-0.25, -0.2) is 0 Å². The van der Waals surface area contributed by atoms with Gasteiger partial charge < -0.3 is 13.9 Å². The molecule has 0 fully saturated rings. The van der Waals surface area contributed by atoms with E-state index >= 15 is 0 Å². The summed E-state index contributed by atoms with van der Waals surface area (Å²) in [5.74, 6) is -3.33. The lowest BCUT2D eigenvalue weighted by Gasteiger charge is -2.06. The van der Waals surface area contributed by atoms with Crippen LogP contribution in [0.2, 0.25) is 0 Å². The van der Waals surface area contributed by atoms with Gasteiger partial charge in [-0.2, -0.15) is 26.9 Å². The van der Waals surface area contributed by atoms with Crippen LogP contribution >= 0.6 is 11.5 Å². The van der Waals surface area contributed by atoms with Crippen LogP contribution in [-0.4, -0.2) is 28.5 Å². The number of rotatable bonds is 8. The van der Waals surface area contributed by atoms with Crippen molar-refractivity contribution in [2.24, 2.45) is 0 Å². The molecular weight excluding hydrogens is 449 g/mol. The Balaban J connectivity index is 1.89. The molecule has 166 valence electrons. The van der Waals surface area contributed by atoms with E-state index < -0.39 is 30.0 Å². The number of alkyl halides is 5. The van der Waals surface area contributed by atoms with Crippen molar-refractivity contribution < 1.29 is 40.6 Å². The average Bonchev–Trinajstić information content (AvgIpc) is 3.33. The topological polar surface area (TPSA) is 86.5 Å². The van der Waals surface area contributed by atoms with Crippen molar-refractivity contribution in [1.29, 1.82) is 0 Å². The highest BCUT2D eigenvalue weighted by Crippen LogP contribution is 2.38. The van der Waals surface area contributed by atoms with E-state index in [0.717, 1.165) is 23.7 Å². The summed E-state index contributed by atoms with van der Waals surface area (Å²) in [6.45, 7) is -0.918. The molecule has 1 amide bonds. The van der Waals surface area contributed by atoms with E-state index in [9.17, 15) is 26.7 Å². The third-order valence-corrected chi connectivity index (χ3v) is 4.25. The first-order chi connectivity index (χ1) is 14.7. The number of carbonyl (C=O) groups is 1. The van der Waals surface area contributed by atoms with Crippen molar-refractivity contribution in [3.63, 3.8) is 0 Å². The summed E-state index contributed by atoms with van der Waals surface area (Å²) in [4.78, 5) is 16.3. The molecule has 13 heteroatoms. The van der Waals surface area contributed by atoms with Crippen LogP contribution in [0, 0.1) is 0 Å². The van der Waals surface area contributed by atoms with Crippen LogP contribution in [0.3, 0.4) is 0 Å². The summed E-state index contributed by atoms with van der Waals surface area (Å²) < 4.78 is 83.2. The van der Waals surface area contributed by atoms with Gasteiger partial charge in [-0.05, 0) is 24.6 Å². The fraction of sp³-hybridized carbons (Fsp3) is 0.278. The van der Waals surface area contributed by atoms with Gasteiger partial charge in [0.1, 0.15) is 11.5 Å². The molecule has 0 saturated carbocycles. The van der Waals surface area contributed by atoms with Gasteiger partial charge in [-0.1, -0.05) is 19.1 Å². The summed E-state index contributed by atoms with van der Waals surface area (Å²) in [7, 11) is 0. The van der Waals surface area contributed by atoms with E-state index in [1.807, 2.05) is 6.92 Å². The standard InChI is InChI=1S/C18H14F5N3O4S/c1-2-6-28-16-25-17(31-26-16)24-14(27)11-8-12(30-13(11)18(21,22)23)9-4-3-5-10(7-9)29-15(19)20/h3-5,7-8,15H,2,6H2,1H3,(H,24,25,26,27). The third kappa shape index (κ3) is 5.69. The lowest BCUT2D eigenvalue weighted by molar-refractivity contribution is -0.153. The number of halogens is 5. The number of nitrogens with one attached hydrogen (secondary N) is 1. The SMILES string of the molecule is CCCOc1nsc(NC(=O)c2cc(-c3cccc(OC(F)F)c3)oc2C(F)(F)F)n1. The number of hydrogen-bond donors (Lipinski definition) is 1. The first-order valence-corrected chi connectivity index (χ1v) is 9.49. The van der Waals surface area contributed by atoms with Gasteiger partial charge in [0.25, 0.3) is 5.91 Å². The Hall–Kier alpha value is -3.22. The first-order valence-electron chi connectivity index (χ1n) is 8.71. The molecule has 31 heavy (non-hydrogen) atoms. The quantitative estimate of drug-likeness (QED) is 0.447. The van der Waals surface area contributed by atoms with E-state index in [1.54, 1.807) is 0 Å². The van der Waals surface area contributed by atoms with Gasteiger partial charge in [-0.15, -0.1) is 4.37 Å². The molecule has 7 nitrogen and oxygen atoms in total. The molecule has 0 aliphatic carbocycles. The fourth-order valence-electron chi connectivity index (χ4n) is 2.42. The number of hydrogen-bond acceptors (Lipinski definition) is 7. The molecule has 0 unspecified atom stereocenters. The molecule has 0 spiro atoms. The normalized spacial score (nSPS) is 11.6. The molecular formula is C18H14F5N3O4S. The molecule has 0 radical (unpaired) electrons. The van der Waals surface area contributed by atoms with E-state index in [0.29, 0.717) is 13.0 Å². The zero-order chi connectivity index (χ0) is 22.6. The van der Waals surface area contributed by atoms with Crippen LogP contribution in [0.15, 0.2) is 34.7 Å². The zero-order valence-corrected chi connectivity index (χ0v) is 16.5. The molecule has 0 atom stereocenters. The lowest BCUT2D eigenvalue weighted by atomic mass is 10.1. The predicted molar refractivity (Wildman–Crippen MR) is 99.4 cm³/mol. The lowest BCUT2D eigenvalue weighted by Crippen LogP contribution is -2.16. The fourth-order valence-corrected chi connectivity index (χ4v) is 2.93. The second-order valence-electron chi connectivity index (χ2n) is 5.94. The van der Waals surface area contributed by atoms with Crippen molar-refractivity contribution >= 4 is 22.6 Å². The summed E-state index contributed by atoms with van der Waals surface area (Å²) in [5, 5.41) is 2.14. The highest BCUT2D eigenvalue weighted by molar-refractivity contribution is 7.10. The first kappa shape index (κ1) is 22.5. The summed E-state index contributed by atoms with van der Waals surface area (Å²) in [6.07, 6.45) is -4.30. The zero-order valence-electron chi connectivity index (χ0n) is 15.7. The molecule has 2 heterocycles. The van der Waals surface area contributed by atoms with Crippen LogP contribution in [0.5, 0.6) is 11.8 Å². The number of benzene rings is 1. The summed E-state index contributed by atoms with van der Waals surface area (Å²) in [6, 6.07) is 5.72. The van der Waals surface area contributed by atoms with Gasteiger partial charge in [0.2, 0.25) is 10.9 Å². The number of ether oxygens (including phenoxy) is 2. The van der Waals surface area contributed by atoms with Gasteiger partial charge in [0.05, 0.1) is 12.2 Å². The molecule has 0 aliphatic rings. The maximum Gasteiger partial charge on any atom is 0.450 e. The molecule has 3 aromatic rings. The Morgan fingerprint density at radius 2 is 2.06 bits per heavy atom. The van der Waals surface area contributed by atoms with Gasteiger partial charge in [-0.3, -0.25) is 10.1 Å². The highest BCUT2D eigenvalue weighted by Gasteiger charge is 2.40. The predicted octanol–water partition coefficient (Wildman–Crippen LogP) is 5.46. The maximum absolute atomic E-state index is 13.4. The minimum Gasteiger partial charge on any atom is -0.463 e. The van der Waals surface area contributed by atoms with E-state index in [-0.39, 0.29) is 28.2 Å². The summed E-state index contributed by atoms with van der Waals surface area (Å²) in [5.41, 5.74) is -0.803. The third-order valence-electron chi connectivity index (χ3n) is 3.64. The maximum atomic E-state index is 13.4. The Kier molecular flexibility index (Phi) is 6.73. The monoisotopic (exact) mass is 463 g/mol. The van der Waals surface area contributed by atoms with Crippen molar-refractivity contribution in [2.45, 2.75) is 26.1 Å². The van der Waals surface area contributed by atoms with Crippen LogP contribution in [-0.2, 0) is 6.18 Å². The number of aromatic nitrogens is 2. The Morgan fingerprint density at radius 1 is 1.29 bits per heavy atom. The number of furan rings is 1. The van der Waals surface area contributed by atoms with Crippen molar-refractivity contribution in [3.8, 4) is 23.1 Å². The highest BCUT2D eigenvalue weighted by atomic mass is 32.1. The Bertz CT molecular complexity index is 1050. The molecule has 1 N–H and O–H groups in total. The molecule has 2 aromatic heterocycles. The van der Waals surface area contributed by atoms with Crippen LogP contribution in [0.1, 0.15) is 29.5 Å². The van der Waals surface area contributed by atoms with Gasteiger partial charge >= 0.3 is 18.8 Å². The number of carbonyl (C=O) groups excluding carboxylic acids is 1. The minimum atomic E-state index is -4.99. The van der Waals surface area contributed by atoms with Crippen molar-refractivity contribution in [2.75, 3.05) is 11.9 Å². The molecule has 0 aliphatic heterocycles. The van der Waals surface area contributed by atoms with Gasteiger partial charge in [0.15, 0.2) is 0 Å². The largest absolute Gasteiger partial charge is 0.463 e. The van der Waals surface area contributed by atoms with E-state index in [1.165, 1.54) is 18.2 Å². The molecule has 1 aromatic carbocycles. The molecule has 0 bridgehead atoms. The van der Waals surface area contributed by atoms with Crippen LogP contribution in [0.25, 0.3) is 11.3 Å². The number of amides is 1. The van der Waals surface area contributed by atoms with Gasteiger partial charge in [0, 0.05) is 17.1 Å². The van der Waals surface area contributed by atoms with E-state index in [2.05, 4.69) is 19.4 Å². The van der Waals surface area contributed by atoms with Crippen LogP contribution in [0.4, 0.5) is 27.1 Å². The molecule has 0 saturated heterocycles. The minimum absolute atomic E-state index is 0.00821. The number of anilines is 1. The van der Waals surface area contributed by atoms with Crippen LogP contribution < -0.4 is 14.8 Å². The van der Waals surface area contributed by atoms with E-state index in [4.69, 9.17) is 9.15 Å². The van der Waals surface area contributed by atoms with Crippen molar-refractivity contribution in [3.05, 3.63) is 41.7 Å². The smallest absolute Gasteiger partial charge is 0.450 e. The molecule has 3 rings (SSSR count). The Labute approximate surface area is 176 Å². The second-order valence-corrected chi connectivity index (χ2v) is 6.69. The second kappa shape index (κ2) is 9.29. The average molecular weight is 463 g/mol.